The molecule has 2 aromatic rings. The molecule has 0 aliphatic carbocycles. The largest absolute Gasteiger partial charge is 0.485 e. The number of rotatable bonds is 4. The van der Waals surface area contributed by atoms with Gasteiger partial charge in [0.2, 0.25) is 15.9 Å². The quantitative estimate of drug-likeness (QED) is 0.895. The Bertz CT molecular complexity index is 901. The smallest absolute Gasteiger partial charge is 0.341 e. The van der Waals surface area contributed by atoms with Gasteiger partial charge in [0.05, 0.1) is 10.6 Å². The molecule has 0 fully saturated rings. The highest BCUT2D eigenvalue weighted by Crippen LogP contribution is 2.32. The van der Waals surface area contributed by atoms with Crippen molar-refractivity contribution < 1.29 is 31.5 Å². The summed E-state index contributed by atoms with van der Waals surface area (Å²) >= 11 is 0. The van der Waals surface area contributed by atoms with Crippen LogP contribution in [0.25, 0.3) is 0 Å². The molecule has 1 heterocycles. The molecule has 0 radical (unpaired) electrons. The monoisotopic (exact) mass is 369 g/mol. The van der Waals surface area contributed by atoms with Gasteiger partial charge in [-0.15, -0.1) is 0 Å². The maximum absolute atomic E-state index is 12.8. The van der Waals surface area contributed by atoms with E-state index >= 15 is 0 Å². The zero-order chi connectivity index (χ0) is 18.0. The Kier molecular flexibility index (Phi) is 4.58. The standard InChI is InChI=1S/C16H13F2NO5S/c17-16(18)25(21,22)14-8-4-1-5-10(14)19-15(20)13-9-23-11-6-2-3-7-12(11)24-13/h1-8,13,16H,9H2,(H,19,20)/t13-/m1/s1. The Morgan fingerprint density at radius 2 is 1.72 bits per heavy atom. The Morgan fingerprint density at radius 1 is 1.08 bits per heavy atom. The summed E-state index contributed by atoms with van der Waals surface area (Å²) < 4.78 is 59.9. The van der Waals surface area contributed by atoms with Crippen molar-refractivity contribution >= 4 is 21.4 Å². The molecule has 0 saturated carbocycles. The second kappa shape index (κ2) is 6.67. The van der Waals surface area contributed by atoms with Crippen molar-refractivity contribution in [3.05, 3.63) is 48.5 Å². The van der Waals surface area contributed by atoms with Gasteiger partial charge >= 0.3 is 5.76 Å². The highest BCUT2D eigenvalue weighted by atomic mass is 32.2. The molecule has 0 bridgehead atoms. The molecule has 0 spiro atoms. The van der Waals surface area contributed by atoms with Crippen molar-refractivity contribution in [2.75, 3.05) is 11.9 Å². The first-order valence-electron chi connectivity index (χ1n) is 7.20. The van der Waals surface area contributed by atoms with Crippen LogP contribution in [-0.4, -0.2) is 32.8 Å². The Balaban J connectivity index is 1.81. The number of halogens is 2. The molecule has 2 aromatic carbocycles. The predicted octanol–water partition coefficient (Wildman–Crippen LogP) is 2.46. The van der Waals surface area contributed by atoms with Crippen LogP contribution >= 0.6 is 0 Å². The van der Waals surface area contributed by atoms with Crippen LogP contribution in [0.1, 0.15) is 0 Å². The second-order valence-corrected chi connectivity index (χ2v) is 7.04. The fourth-order valence-corrected chi connectivity index (χ4v) is 3.16. The van der Waals surface area contributed by atoms with Crippen LogP contribution in [0.2, 0.25) is 0 Å². The van der Waals surface area contributed by atoms with Crippen molar-refractivity contribution in [3.63, 3.8) is 0 Å². The summed E-state index contributed by atoms with van der Waals surface area (Å²) in [6, 6.07) is 11.7. The highest BCUT2D eigenvalue weighted by Gasteiger charge is 2.32. The second-order valence-electron chi connectivity index (χ2n) is 5.16. The number of hydrogen-bond acceptors (Lipinski definition) is 5. The molecule has 1 aliphatic heterocycles. The van der Waals surface area contributed by atoms with Crippen LogP contribution in [-0.2, 0) is 14.6 Å². The maximum atomic E-state index is 12.8. The van der Waals surface area contributed by atoms with Crippen LogP contribution in [0, 0.1) is 0 Å². The van der Waals surface area contributed by atoms with Crippen LogP contribution in [0.4, 0.5) is 14.5 Å². The van der Waals surface area contributed by atoms with Gasteiger partial charge in [0, 0.05) is 0 Å². The molecule has 1 amide bonds. The number of ether oxygens (including phenoxy) is 2. The summed E-state index contributed by atoms with van der Waals surface area (Å²) in [4.78, 5) is 11.7. The van der Waals surface area contributed by atoms with Crippen LogP contribution < -0.4 is 14.8 Å². The third-order valence-corrected chi connectivity index (χ3v) is 4.93. The minimum Gasteiger partial charge on any atom is -0.485 e. The third kappa shape index (κ3) is 3.41. The average Bonchev–Trinajstić information content (AvgIpc) is 2.61. The summed E-state index contributed by atoms with van der Waals surface area (Å²) in [7, 11) is -4.85. The number of nitrogens with one attached hydrogen (secondary N) is 1. The number of alkyl halides is 2. The third-order valence-electron chi connectivity index (χ3n) is 3.49. The van der Waals surface area contributed by atoms with Crippen molar-refractivity contribution in [3.8, 4) is 11.5 Å². The highest BCUT2D eigenvalue weighted by molar-refractivity contribution is 7.91. The number of carbonyl (C=O) groups is 1. The topological polar surface area (TPSA) is 81.7 Å². The van der Waals surface area contributed by atoms with Crippen molar-refractivity contribution in [2.24, 2.45) is 0 Å². The van der Waals surface area contributed by atoms with Crippen molar-refractivity contribution in [2.45, 2.75) is 16.8 Å². The van der Waals surface area contributed by atoms with E-state index in [9.17, 15) is 22.0 Å². The number of hydrogen-bond donors (Lipinski definition) is 1. The summed E-state index contributed by atoms with van der Waals surface area (Å²) in [6.45, 7) is -0.0907. The minimum absolute atomic E-state index is 0.0907. The lowest BCUT2D eigenvalue weighted by molar-refractivity contribution is -0.125. The van der Waals surface area contributed by atoms with Gasteiger partial charge in [0.1, 0.15) is 6.61 Å². The fourth-order valence-electron chi connectivity index (χ4n) is 2.28. The van der Waals surface area contributed by atoms with Gasteiger partial charge < -0.3 is 14.8 Å². The molecule has 1 N–H and O–H groups in total. The number of anilines is 1. The average molecular weight is 369 g/mol. The van der Waals surface area contributed by atoms with E-state index in [1.165, 1.54) is 18.2 Å². The summed E-state index contributed by atoms with van der Waals surface area (Å²) in [5, 5.41) is 2.32. The normalized spacial score (nSPS) is 16.5. The lowest BCUT2D eigenvalue weighted by atomic mass is 10.2. The number of amides is 1. The molecule has 6 nitrogen and oxygen atoms in total. The predicted molar refractivity (Wildman–Crippen MR) is 84.6 cm³/mol. The van der Waals surface area contributed by atoms with Gasteiger partial charge in [0.15, 0.2) is 11.5 Å². The number of carbonyl (C=O) groups excluding carboxylic acids is 1. The SMILES string of the molecule is O=C(Nc1ccccc1S(=O)(=O)C(F)F)[C@H]1COc2ccccc2O1. The first-order chi connectivity index (χ1) is 11.9. The van der Waals surface area contributed by atoms with Crippen LogP contribution in [0.5, 0.6) is 11.5 Å². The molecule has 3 rings (SSSR count). The van der Waals surface area contributed by atoms with E-state index in [0.717, 1.165) is 6.07 Å². The van der Waals surface area contributed by atoms with Crippen molar-refractivity contribution in [1.82, 2.24) is 0 Å². The summed E-state index contributed by atoms with van der Waals surface area (Å²) in [6.07, 6.45) is -1.04. The van der Waals surface area contributed by atoms with Gasteiger partial charge in [-0.2, -0.15) is 8.78 Å². The van der Waals surface area contributed by atoms with Gasteiger partial charge in [0.25, 0.3) is 5.91 Å². The molecule has 132 valence electrons. The molecule has 9 heteroatoms. The maximum Gasteiger partial charge on any atom is 0.341 e. The van der Waals surface area contributed by atoms with Crippen LogP contribution in [0.3, 0.4) is 0 Å². The fraction of sp³-hybridized carbons (Fsp3) is 0.188. The van der Waals surface area contributed by atoms with Gasteiger partial charge in [-0.05, 0) is 24.3 Å². The van der Waals surface area contributed by atoms with Crippen molar-refractivity contribution in [1.29, 1.82) is 0 Å². The van der Waals surface area contributed by atoms with E-state index < -0.39 is 32.5 Å². The molecular formula is C16H13F2NO5S. The summed E-state index contributed by atoms with van der Waals surface area (Å²) in [5.41, 5.74) is -0.241. The first-order valence-corrected chi connectivity index (χ1v) is 8.74. The van der Waals surface area contributed by atoms with Gasteiger partial charge in [-0.3, -0.25) is 4.79 Å². The van der Waals surface area contributed by atoms with Crippen LogP contribution in [0.15, 0.2) is 53.4 Å². The Morgan fingerprint density at radius 3 is 2.44 bits per heavy atom. The first kappa shape index (κ1) is 17.2. The zero-order valence-corrected chi connectivity index (χ0v) is 13.5. The zero-order valence-electron chi connectivity index (χ0n) is 12.7. The Hall–Kier alpha value is -2.68. The lowest BCUT2D eigenvalue weighted by Crippen LogP contribution is -2.40. The van der Waals surface area contributed by atoms with Gasteiger partial charge in [-0.25, -0.2) is 8.42 Å². The molecule has 0 saturated heterocycles. The summed E-state index contributed by atoms with van der Waals surface area (Å²) in [5.74, 6) is -3.45. The molecule has 0 unspecified atom stereocenters. The number of fused-ring (bicyclic) bond motifs is 1. The lowest BCUT2D eigenvalue weighted by Gasteiger charge is -2.25. The minimum atomic E-state index is -4.85. The van der Waals surface area contributed by atoms with E-state index in [0.29, 0.717) is 11.5 Å². The van der Waals surface area contributed by atoms with Gasteiger partial charge in [-0.1, -0.05) is 24.3 Å². The van der Waals surface area contributed by atoms with E-state index in [2.05, 4.69) is 5.32 Å². The number of para-hydroxylation sites is 3. The molecule has 25 heavy (non-hydrogen) atoms. The molecule has 1 aliphatic rings. The number of benzene rings is 2. The van der Waals surface area contributed by atoms with E-state index in [4.69, 9.17) is 9.47 Å². The van der Waals surface area contributed by atoms with E-state index in [1.54, 1.807) is 24.3 Å². The molecule has 0 aromatic heterocycles. The molecular weight excluding hydrogens is 356 g/mol. The van der Waals surface area contributed by atoms with E-state index in [1.807, 2.05) is 0 Å². The Labute approximate surface area is 142 Å². The van der Waals surface area contributed by atoms with E-state index in [-0.39, 0.29) is 12.3 Å². The number of sulfone groups is 1. The molecule has 1 atom stereocenters.